The predicted molar refractivity (Wildman–Crippen MR) is 98.0 cm³/mol. The maximum absolute atomic E-state index is 12.5. The highest BCUT2D eigenvalue weighted by molar-refractivity contribution is 7.89. The van der Waals surface area contributed by atoms with Gasteiger partial charge in [-0.3, -0.25) is 4.79 Å². The topological polar surface area (TPSA) is 66.5 Å². The van der Waals surface area contributed by atoms with Crippen molar-refractivity contribution in [3.05, 3.63) is 59.7 Å². The summed E-state index contributed by atoms with van der Waals surface area (Å²) in [6.45, 7) is 4.50. The van der Waals surface area contributed by atoms with E-state index in [1.165, 1.54) is 0 Å². The summed E-state index contributed by atoms with van der Waals surface area (Å²) in [5.74, 6) is -0.00449. The van der Waals surface area contributed by atoms with Gasteiger partial charge in [-0.2, -0.15) is 0 Å². The van der Waals surface area contributed by atoms with Gasteiger partial charge in [-0.1, -0.05) is 35.9 Å². The lowest BCUT2D eigenvalue weighted by atomic mass is 10.1. The molecule has 2 aromatic carbocycles. The summed E-state index contributed by atoms with van der Waals surface area (Å²) in [6, 6.07) is 14.7. The van der Waals surface area contributed by atoms with Gasteiger partial charge in [-0.05, 0) is 43.5 Å². The first-order valence-corrected chi connectivity index (χ1v) is 9.77. The summed E-state index contributed by atoms with van der Waals surface area (Å²) in [6.07, 6.45) is 0.351. The molecule has 1 aliphatic rings. The Kier molecular flexibility index (Phi) is 4.92. The van der Waals surface area contributed by atoms with Crippen LogP contribution in [0.5, 0.6) is 0 Å². The van der Waals surface area contributed by atoms with E-state index in [0.717, 1.165) is 16.8 Å². The van der Waals surface area contributed by atoms with Crippen LogP contribution < -0.4 is 9.62 Å². The maximum Gasteiger partial charge on any atom is 0.240 e. The van der Waals surface area contributed by atoms with Crippen LogP contribution in [0.3, 0.4) is 0 Å². The molecule has 1 aliphatic heterocycles. The van der Waals surface area contributed by atoms with Gasteiger partial charge in [0.25, 0.3) is 0 Å². The molecule has 0 spiro atoms. The first-order valence-electron chi connectivity index (χ1n) is 8.29. The molecule has 6 heteroatoms. The number of hydrogen-bond donors (Lipinski definition) is 1. The summed E-state index contributed by atoms with van der Waals surface area (Å²) in [4.78, 5) is 14.2. The van der Waals surface area contributed by atoms with Crippen molar-refractivity contribution in [3.63, 3.8) is 0 Å². The lowest BCUT2D eigenvalue weighted by Gasteiger charge is -2.17. The van der Waals surface area contributed by atoms with Crippen molar-refractivity contribution in [2.75, 3.05) is 18.0 Å². The van der Waals surface area contributed by atoms with Crippen molar-refractivity contribution in [3.8, 4) is 0 Å². The van der Waals surface area contributed by atoms with Gasteiger partial charge in [-0.15, -0.1) is 0 Å². The number of carbonyl (C=O) groups is 1. The van der Waals surface area contributed by atoms with Gasteiger partial charge < -0.3 is 4.90 Å². The summed E-state index contributed by atoms with van der Waals surface area (Å²) >= 11 is 0. The Hall–Kier alpha value is -2.18. The molecule has 1 heterocycles. The smallest absolute Gasteiger partial charge is 0.240 e. The molecule has 3 rings (SSSR count). The molecule has 1 amide bonds. The number of anilines is 1. The van der Waals surface area contributed by atoms with E-state index in [4.69, 9.17) is 0 Å². The first kappa shape index (κ1) is 17.6. The molecule has 2 aromatic rings. The van der Waals surface area contributed by atoms with Crippen LogP contribution in [0.25, 0.3) is 0 Å². The van der Waals surface area contributed by atoms with Gasteiger partial charge in [-0.25, -0.2) is 13.1 Å². The number of rotatable bonds is 5. The number of nitrogens with zero attached hydrogens (tertiary/aromatic N) is 1. The van der Waals surface area contributed by atoms with E-state index in [-0.39, 0.29) is 18.4 Å². The average Bonchev–Trinajstić information content (AvgIpc) is 2.94. The number of nitrogens with one attached hydrogen (secondary N) is 1. The van der Waals surface area contributed by atoms with Crippen LogP contribution in [0.15, 0.2) is 53.4 Å². The molecule has 1 atom stereocenters. The molecule has 5 nitrogen and oxygen atoms in total. The fourth-order valence-electron chi connectivity index (χ4n) is 3.18. The van der Waals surface area contributed by atoms with E-state index in [9.17, 15) is 13.2 Å². The summed E-state index contributed by atoms with van der Waals surface area (Å²) in [5.41, 5.74) is 2.60. The zero-order valence-corrected chi connectivity index (χ0v) is 15.2. The van der Waals surface area contributed by atoms with Crippen LogP contribution in [0, 0.1) is 19.8 Å². The van der Waals surface area contributed by atoms with Crippen molar-refractivity contribution in [2.45, 2.75) is 25.2 Å². The van der Waals surface area contributed by atoms with Gasteiger partial charge in [0, 0.05) is 25.2 Å². The number of hydrogen-bond acceptors (Lipinski definition) is 3. The second kappa shape index (κ2) is 6.98. The van der Waals surface area contributed by atoms with Crippen molar-refractivity contribution in [2.24, 2.45) is 5.92 Å². The molecule has 1 unspecified atom stereocenters. The Morgan fingerprint density at radius 1 is 1.12 bits per heavy atom. The standard InChI is InChI=1S/C19H22N2O3S/c1-14-8-9-18(15(2)10-14)25(23,24)20-12-16-11-19(22)21(13-16)17-6-4-3-5-7-17/h3-10,16,20H,11-13H2,1-2H3. The van der Waals surface area contributed by atoms with Crippen LogP contribution in [0.4, 0.5) is 5.69 Å². The Morgan fingerprint density at radius 3 is 2.52 bits per heavy atom. The highest BCUT2D eigenvalue weighted by Crippen LogP contribution is 2.25. The second-order valence-corrected chi connectivity index (χ2v) is 8.27. The highest BCUT2D eigenvalue weighted by atomic mass is 32.2. The number of aryl methyl sites for hydroxylation is 2. The van der Waals surface area contributed by atoms with Crippen LogP contribution in [0.1, 0.15) is 17.5 Å². The predicted octanol–water partition coefficient (Wildman–Crippen LogP) is 2.63. The largest absolute Gasteiger partial charge is 0.312 e. The number of sulfonamides is 1. The number of benzene rings is 2. The van der Waals surface area contributed by atoms with Crippen molar-refractivity contribution in [1.29, 1.82) is 0 Å². The lowest BCUT2D eigenvalue weighted by molar-refractivity contribution is -0.117. The Labute approximate surface area is 148 Å². The van der Waals surface area contributed by atoms with E-state index in [0.29, 0.717) is 17.9 Å². The molecule has 1 fully saturated rings. The molecule has 1 N–H and O–H groups in total. The maximum atomic E-state index is 12.5. The van der Waals surface area contributed by atoms with Gasteiger partial charge in [0.05, 0.1) is 4.90 Å². The third-order valence-corrected chi connectivity index (χ3v) is 6.04. The van der Waals surface area contributed by atoms with Crippen molar-refractivity contribution < 1.29 is 13.2 Å². The molecule has 1 saturated heterocycles. The van der Waals surface area contributed by atoms with E-state index >= 15 is 0 Å². The zero-order valence-electron chi connectivity index (χ0n) is 14.4. The van der Waals surface area contributed by atoms with Crippen LogP contribution in [-0.2, 0) is 14.8 Å². The van der Waals surface area contributed by atoms with Gasteiger partial charge in [0.15, 0.2) is 0 Å². The molecule has 0 radical (unpaired) electrons. The van der Waals surface area contributed by atoms with E-state index in [1.54, 1.807) is 24.0 Å². The Balaban J connectivity index is 1.67. The molecular formula is C19H22N2O3S. The van der Waals surface area contributed by atoms with E-state index in [1.807, 2.05) is 43.3 Å². The second-order valence-electron chi connectivity index (χ2n) is 6.53. The normalized spacial score (nSPS) is 17.9. The van der Waals surface area contributed by atoms with E-state index in [2.05, 4.69) is 4.72 Å². The fourth-order valence-corrected chi connectivity index (χ4v) is 4.52. The molecular weight excluding hydrogens is 336 g/mol. The average molecular weight is 358 g/mol. The summed E-state index contributed by atoms with van der Waals surface area (Å²) in [7, 11) is -3.57. The Morgan fingerprint density at radius 2 is 1.84 bits per heavy atom. The molecule has 0 aromatic heterocycles. The zero-order chi connectivity index (χ0) is 18.0. The lowest BCUT2D eigenvalue weighted by Crippen LogP contribution is -2.31. The third kappa shape index (κ3) is 3.91. The van der Waals surface area contributed by atoms with Crippen LogP contribution in [-0.4, -0.2) is 27.4 Å². The van der Waals surface area contributed by atoms with Crippen LogP contribution >= 0.6 is 0 Å². The molecule has 0 aliphatic carbocycles. The van der Waals surface area contributed by atoms with Crippen molar-refractivity contribution in [1.82, 2.24) is 4.72 Å². The van der Waals surface area contributed by atoms with Crippen LogP contribution in [0.2, 0.25) is 0 Å². The monoisotopic (exact) mass is 358 g/mol. The minimum absolute atomic E-state index is 0.0296. The first-order chi connectivity index (χ1) is 11.9. The highest BCUT2D eigenvalue weighted by Gasteiger charge is 2.31. The van der Waals surface area contributed by atoms with Gasteiger partial charge >= 0.3 is 0 Å². The van der Waals surface area contributed by atoms with E-state index < -0.39 is 10.0 Å². The molecule has 25 heavy (non-hydrogen) atoms. The van der Waals surface area contributed by atoms with Gasteiger partial charge in [0.1, 0.15) is 0 Å². The molecule has 0 bridgehead atoms. The summed E-state index contributed by atoms with van der Waals surface area (Å²) < 4.78 is 27.8. The third-order valence-electron chi connectivity index (χ3n) is 4.45. The fraction of sp³-hybridized carbons (Fsp3) is 0.316. The quantitative estimate of drug-likeness (QED) is 0.893. The summed E-state index contributed by atoms with van der Waals surface area (Å²) in [5, 5.41) is 0. The minimum Gasteiger partial charge on any atom is -0.312 e. The minimum atomic E-state index is -3.57. The molecule has 0 saturated carbocycles. The van der Waals surface area contributed by atoms with Crippen molar-refractivity contribution >= 4 is 21.6 Å². The van der Waals surface area contributed by atoms with Gasteiger partial charge in [0.2, 0.25) is 15.9 Å². The number of para-hydroxylation sites is 1. The SMILES string of the molecule is Cc1ccc(S(=O)(=O)NCC2CC(=O)N(c3ccccc3)C2)c(C)c1. The number of amides is 1. The Bertz CT molecular complexity index is 879. The molecule has 132 valence electrons. The number of carbonyl (C=O) groups excluding carboxylic acids is 1.